The second kappa shape index (κ2) is 6.99. The average Bonchev–Trinajstić information content (AvgIpc) is 2.32. The lowest BCUT2D eigenvalue weighted by molar-refractivity contribution is 0.570. The van der Waals surface area contributed by atoms with Crippen LogP contribution in [-0.2, 0) is 16.4 Å². The molecule has 0 bridgehead atoms. The van der Waals surface area contributed by atoms with Crippen molar-refractivity contribution in [2.75, 3.05) is 37.0 Å². The minimum atomic E-state index is -3.17. The highest BCUT2D eigenvalue weighted by Gasteiger charge is 2.16. The molecule has 7 heteroatoms. The zero-order chi connectivity index (χ0) is 15.3. The van der Waals surface area contributed by atoms with Crippen LogP contribution in [0.3, 0.4) is 0 Å². The number of nitrogens with one attached hydrogen (secondary N) is 1. The zero-order valence-corrected chi connectivity index (χ0v) is 12.7. The normalized spacial score (nSPS) is 11.7. The summed E-state index contributed by atoms with van der Waals surface area (Å²) in [5.74, 6) is -1.52. The van der Waals surface area contributed by atoms with Gasteiger partial charge in [-0.25, -0.2) is 17.2 Å². The van der Waals surface area contributed by atoms with Gasteiger partial charge in [-0.05, 0) is 24.2 Å². The standard InChI is InChI=1S/C13H20F2N2O2S/c1-4-16-9-10-7-11(14)13(12(15)8-10)17(2)5-6-20(3,18)19/h7-8,16H,4-6,9H2,1-3H3. The Morgan fingerprint density at radius 3 is 2.25 bits per heavy atom. The van der Waals surface area contributed by atoms with Gasteiger partial charge in [0.15, 0.2) is 0 Å². The van der Waals surface area contributed by atoms with Crippen molar-refractivity contribution >= 4 is 15.5 Å². The number of hydrogen-bond donors (Lipinski definition) is 1. The molecule has 1 rings (SSSR count). The molecule has 1 aromatic carbocycles. The summed E-state index contributed by atoms with van der Waals surface area (Å²) in [6.07, 6.45) is 1.09. The zero-order valence-electron chi connectivity index (χ0n) is 11.9. The predicted molar refractivity (Wildman–Crippen MR) is 76.7 cm³/mol. The van der Waals surface area contributed by atoms with Crippen LogP contribution in [0.5, 0.6) is 0 Å². The van der Waals surface area contributed by atoms with E-state index in [0.717, 1.165) is 6.26 Å². The van der Waals surface area contributed by atoms with Gasteiger partial charge in [0.2, 0.25) is 0 Å². The largest absolute Gasteiger partial charge is 0.369 e. The fourth-order valence-electron chi connectivity index (χ4n) is 1.77. The molecule has 0 amide bonds. The number of benzene rings is 1. The highest BCUT2D eigenvalue weighted by Crippen LogP contribution is 2.24. The lowest BCUT2D eigenvalue weighted by Gasteiger charge is -2.20. The molecule has 0 radical (unpaired) electrons. The lowest BCUT2D eigenvalue weighted by atomic mass is 10.1. The maximum Gasteiger partial charge on any atom is 0.149 e. The summed E-state index contributed by atoms with van der Waals surface area (Å²) < 4.78 is 50.1. The number of anilines is 1. The average molecular weight is 306 g/mol. The first-order chi connectivity index (χ1) is 9.24. The van der Waals surface area contributed by atoms with Crippen LogP contribution in [0.25, 0.3) is 0 Å². The van der Waals surface area contributed by atoms with E-state index in [1.807, 2.05) is 6.92 Å². The van der Waals surface area contributed by atoms with Gasteiger partial charge in [0, 0.05) is 26.4 Å². The summed E-state index contributed by atoms with van der Waals surface area (Å²) in [4.78, 5) is 1.28. The van der Waals surface area contributed by atoms with Gasteiger partial charge in [0.25, 0.3) is 0 Å². The van der Waals surface area contributed by atoms with Crippen LogP contribution in [0, 0.1) is 11.6 Å². The van der Waals surface area contributed by atoms with Crippen molar-refractivity contribution in [2.45, 2.75) is 13.5 Å². The molecule has 114 valence electrons. The molecule has 1 aromatic rings. The molecule has 4 nitrogen and oxygen atoms in total. The van der Waals surface area contributed by atoms with E-state index in [2.05, 4.69) is 5.32 Å². The Morgan fingerprint density at radius 2 is 1.80 bits per heavy atom. The second-order valence-electron chi connectivity index (χ2n) is 4.74. The van der Waals surface area contributed by atoms with Crippen LogP contribution < -0.4 is 10.2 Å². The fourth-order valence-corrected chi connectivity index (χ4v) is 2.37. The molecule has 0 aromatic heterocycles. The van der Waals surface area contributed by atoms with Crippen LogP contribution >= 0.6 is 0 Å². The molecular weight excluding hydrogens is 286 g/mol. The van der Waals surface area contributed by atoms with E-state index in [0.29, 0.717) is 18.7 Å². The van der Waals surface area contributed by atoms with Crippen LogP contribution in [0.2, 0.25) is 0 Å². The Labute approximate surface area is 118 Å². The molecule has 0 atom stereocenters. The molecule has 0 spiro atoms. The van der Waals surface area contributed by atoms with E-state index in [-0.39, 0.29) is 18.0 Å². The van der Waals surface area contributed by atoms with Crippen molar-refractivity contribution in [3.05, 3.63) is 29.3 Å². The van der Waals surface area contributed by atoms with Gasteiger partial charge in [-0.1, -0.05) is 6.92 Å². The third-order valence-electron chi connectivity index (χ3n) is 2.84. The monoisotopic (exact) mass is 306 g/mol. The Morgan fingerprint density at radius 1 is 1.25 bits per heavy atom. The first-order valence-corrected chi connectivity index (χ1v) is 8.38. The number of halogens is 2. The van der Waals surface area contributed by atoms with Crippen molar-refractivity contribution in [3.63, 3.8) is 0 Å². The maximum absolute atomic E-state index is 13.9. The Bertz CT molecular complexity index is 538. The highest BCUT2D eigenvalue weighted by atomic mass is 32.2. The van der Waals surface area contributed by atoms with E-state index in [4.69, 9.17) is 0 Å². The van der Waals surface area contributed by atoms with E-state index in [1.54, 1.807) is 0 Å². The van der Waals surface area contributed by atoms with E-state index in [1.165, 1.54) is 24.1 Å². The van der Waals surface area contributed by atoms with Crippen LogP contribution in [0.4, 0.5) is 14.5 Å². The van der Waals surface area contributed by atoms with Crippen molar-refractivity contribution in [1.82, 2.24) is 5.32 Å². The third kappa shape index (κ3) is 5.05. The maximum atomic E-state index is 13.9. The second-order valence-corrected chi connectivity index (χ2v) is 7.00. The van der Waals surface area contributed by atoms with Crippen molar-refractivity contribution in [2.24, 2.45) is 0 Å². The first kappa shape index (κ1) is 16.8. The summed E-state index contributed by atoms with van der Waals surface area (Å²) in [5, 5.41) is 2.99. The lowest BCUT2D eigenvalue weighted by Crippen LogP contribution is -2.26. The molecule has 1 N–H and O–H groups in total. The molecule has 0 fully saturated rings. The third-order valence-corrected chi connectivity index (χ3v) is 3.76. The summed E-state index contributed by atoms with van der Waals surface area (Å²) in [5.41, 5.74) is 0.316. The van der Waals surface area contributed by atoms with E-state index >= 15 is 0 Å². The summed E-state index contributed by atoms with van der Waals surface area (Å²) in [7, 11) is -1.70. The van der Waals surface area contributed by atoms with Crippen LogP contribution in [0.15, 0.2) is 12.1 Å². The van der Waals surface area contributed by atoms with Gasteiger partial charge in [0.1, 0.15) is 27.2 Å². The molecule has 0 aliphatic heterocycles. The van der Waals surface area contributed by atoms with Crippen molar-refractivity contribution in [1.29, 1.82) is 0 Å². The number of nitrogens with zero attached hydrogens (tertiary/aromatic N) is 1. The van der Waals surface area contributed by atoms with E-state index < -0.39 is 21.5 Å². The SMILES string of the molecule is CCNCc1cc(F)c(N(C)CCS(C)(=O)=O)c(F)c1. The molecule has 0 saturated carbocycles. The van der Waals surface area contributed by atoms with Gasteiger partial charge in [0.05, 0.1) is 5.75 Å². The van der Waals surface area contributed by atoms with Crippen LogP contribution in [0.1, 0.15) is 12.5 Å². The van der Waals surface area contributed by atoms with Gasteiger partial charge in [-0.15, -0.1) is 0 Å². The summed E-state index contributed by atoms with van der Waals surface area (Å²) in [6, 6.07) is 2.52. The van der Waals surface area contributed by atoms with Crippen LogP contribution in [-0.4, -0.2) is 40.6 Å². The number of rotatable bonds is 7. The fraction of sp³-hybridized carbons (Fsp3) is 0.538. The Kier molecular flexibility index (Phi) is 5.88. The molecule has 0 saturated heterocycles. The van der Waals surface area contributed by atoms with Gasteiger partial charge >= 0.3 is 0 Å². The van der Waals surface area contributed by atoms with Gasteiger partial charge < -0.3 is 10.2 Å². The van der Waals surface area contributed by atoms with Crippen molar-refractivity contribution in [3.8, 4) is 0 Å². The molecule has 0 heterocycles. The molecule has 0 unspecified atom stereocenters. The first-order valence-electron chi connectivity index (χ1n) is 6.32. The predicted octanol–water partition coefficient (Wildman–Crippen LogP) is 1.56. The molecule has 0 aliphatic rings. The highest BCUT2D eigenvalue weighted by molar-refractivity contribution is 7.90. The number of hydrogen-bond acceptors (Lipinski definition) is 4. The smallest absolute Gasteiger partial charge is 0.149 e. The Hall–Kier alpha value is -1.21. The summed E-state index contributed by atoms with van der Waals surface area (Å²) >= 11 is 0. The number of sulfone groups is 1. The molecular formula is C13H20F2N2O2S. The minimum Gasteiger partial charge on any atom is -0.369 e. The molecule has 0 aliphatic carbocycles. The quantitative estimate of drug-likeness (QED) is 0.830. The van der Waals surface area contributed by atoms with Gasteiger partial charge in [-0.3, -0.25) is 0 Å². The Balaban J connectivity index is 2.89. The molecule has 20 heavy (non-hydrogen) atoms. The minimum absolute atomic E-state index is 0.0409. The topological polar surface area (TPSA) is 49.4 Å². The van der Waals surface area contributed by atoms with Crippen molar-refractivity contribution < 1.29 is 17.2 Å². The van der Waals surface area contributed by atoms with Gasteiger partial charge in [-0.2, -0.15) is 0 Å². The summed E-state index contributed by atoms with van der Waals surface area (Å²) in [6.45, 7) is 3.04. The van der Waals surface area contributed by atoms with E-state index in [9.17, 15) is 17.2 Å².